The quantitative estimate of drug-likeness (QED) is 0.235. The summed E-state index contributed by atoms with van der Waals surface area (Å²) in [6, 6.07) is 0. The van der Waals surface area contributed by atoms with E-state index in [1.54, 1.807) is 0 Å². The summed E-state index contributed by atoms with van der Waals surface area (Å²) in [5.41, 5.74) is 9.39. The third-order valence-electron chi connectivity index (χ3n) is 4.60. The molecule has 1 radical (unpaired) electrons. The maximum atomic E-state index is 10.2. The summed E-state index contributed by atoms with van der Waals surface area (Å²) in [6.07, 6.45) is 20.0. The Kier molecular flexibility index (Phi) is 31.9. The molecule has 29 heavy (non-hydrogen) atoms. The van der Waals surface area contributed by atoms with Gasteiger partial charge < -0.3 is 21.4 Å². The fraction of sp³-hybridized carbons (Fsp3) is 0.864. The maximum absolute atomic E-state index is 10.2. The number of hydrogen-bond donors (Lipinski definition) is 2. The first-order chi connectivity index (χ1) is 13.4. The number of primary amides is 2. The number of rotatable bonds is 19. The molecule has 0 aliphatic heterocycles. The Hall–Kier alpha value is -0.265. The van der Waals surface area contributed by atoms with Gasteiger partial charge in [-0.2, -0.15) is 0 Å². The zero-order chi connectivity index (χ0) is 21.5. The van der Waals surface area contributed by atoms with Crippen molar-refractivity contribution in [3.05, 3.63) is 0 Å². The van der Waals surface area contributed by atoms with E-state index in [-0.39, 0.29) is 59.2 Å². The molecule has 0 aliphatic rings. The second kappa shape index (κ2) is 27.7. The number of amides is 2. The minimum Gasteiger partial charge on any atom is -0.550 e. The molecular formula is C22H43GdN2O4. The van der Waals surface area contributed by atoms with Crippen molar-refractivity contribution in [1.29, 1.82) is 0 Å². The summed E-state index contributed by atoms with van der Waals surface area (Å²) in [7, 11) is 0. The molecule has 0 saturated heterocycles. The Morgan fingerprint density at radius 1 is 0.552 bits per heavy atom. The van der Waals surface area contributed by atoms with Crippen molar-refractivity contribution in [3.63, 3.8) is 0 Å². The van der Waals surface area contributed by atoms with E-state index in [1.165, 1.54) is 83.5 Å². The number of hydrogen-bond acceptors (Lipinski definition) is 4. The molecule has 0 aromatic carbocycles. The van der Waals surface area contributed by atoms with Crippen molar-refractivity contribution in [2.24, 2.45) is 11.5 Å². The SMILES string of the molecule is CCCCCCCCCCCCCCCCCC(=O)[O-].NC(=O)CCC(N)=O.[Gd+]. The molecule has 0 bridgehead atoms. The van der Waals surface area contributed by atoms with E-state index >= 15 is 0 Å². The van der Waals surface area contributed by atoms with Crippen molar-refractivity contribution < 1.29 is 59.4 Å². The van der Waals surface area contributed by atoms with Gasteiger partial charge in [0.1, 0.15) is 0 Å². The Bertz CT molecular complexity index is 379. The average Bonchev–Trinajstić information content (AvgIpc) is 2.63. The predicted molar refractivity (Wildman–Crippen MR) is 112 cm³/mol. The third-order valence-corrected chi connectivity index (χ3v) is 4.60. The molecule has 0 aromatic heterocycles. The van der Waals surface area contributed by atoms with Gasteiger partial charge >= 0.3 is 39.9 Å². The number of unbranched alkanes of at least 4 members (excludes halogenated alkanes) is 14. The number of carbonyl (C=O) groups excluding carboxylic acids is 3. The molecule has 0 atom stereocenters. The van der Waals surface area contributed by atoms with Gasteiger partial charge in [-0.1, -0.05) is 96.8 Å². The second-order valence-corrected chi connectivity index (χ2v) is 7.50. The van der Waals surface area contributed by atoms with Gasteiger partial charge in [-0.05, 0) is 12.8 Å². The van der Waals surface area contributed by atoms with Crippen LogP contribution in [0, 0.1) is 39.9 Å². The summed E-state index contributed by atoms with van der Waals surface area (Å²) >= 11 is 0. The van der Waals surface area contributed by atoms with Gasteiger partial charge in [0.25, 0.3) is 0 Å². The molecule has 6 nitrogen and oxygen atoms in total. The first kappa shape index (κ1) is 33.4. The van der Waals surface area contributed by atoms with Crippen LogP contribution in [0.4, 0.5) is 0 Å². The third kappa shape index (κ3) is 38.9. The molecule has 0 aliphatic carbocycles. The number of carbonyl (C=O) groups is 3. The summed E-state index contributed by atoms with van der Waals surface area (Å²) in [5, 5.41) is 10.2. The van der Waals surface area contributed by atoms with Crippen molar-refractivity contribution in [2.75, 3.05) is 0 Å². The van der Waals surface area contributed by atoms with Gasteiger partial charge in [0.2, 0.25) is 11.8 Å². The Labute approximate surface area is 210 Å². The van der Waals surface area contributed by atoms with Crippen LogP contribution in [-0.2, 0) is 14.4 Å². The van der Waals surface area contributed by atoms with Crippen molar-refractivity contribution in [2.45, 2.75) is 122 Å². The summed E-state index contributed by atoms with van der Waals surface area (Å²) in [5.74, 6) is -1.90. The standard InChI is InChI=1S/C18H36O2.C4H8N2O2.Gd/c1-2-3-4-5-6-7-8-9-10-11-12-13-14-15-16-17-18(19)20;5-3(7)1-2-4(6)8;/h2-17H2,1H3,(H,19,20);1-2H2,(H2,5,7)(H2,6,8);/q;;+1/p-1. The topological polar surface area (TPSA) is 126 Å². The fourth-order valence-corrected chi connectivity index (χ4v) is 2.89. The molecule has 0 unspecified atom stereocenters. The van der Waals surface area contributed by atoms with E-state index in [1.807, 2.05) is 0 Å². The smallest absolute Gasteiger partial charge is 0.550 e. The van der Waals surface area contributed by atoms with Gasteiger partial charge in [-0.25, -0.2) is 0 Å². The van der Waals surface area contributed by atoms with Crippen molar-refractivity contribution in [1.82, 2.24) is 0 Å². The van der Waals surface area contributed by atoms with Crippen molar-refractivity contribution >= 4 is 17.8 Å². The average molecular weight is 557 g/mol. The Morgan fingerprint density at radius 2 is 0.828 bits per heavy atom. The van der Waals surface area contributed by atoms with Crippen LogP contribution in [0.2, 0.25) is 0 Å². The minimum absolute atomic E-state index is 0. The maximum Gasteiger partial charge on any atom is 1.00 e. The molecule has 0 rings (SSSR count). The molecule has 0 saturated carbocycles. The molecule has 7 heteroatoms. The number of aliphatic carboxylic acids is 1. The van der Waals surface area contributed by atoms with Gasteiger partial charge in [0.15, 0.2) is 0 Å². The van der Waals surface area contributed by atoms with Gasteiger partial charge in [-0.15, -0.1) is 0 Å². The predicted octanol–water partition coefficient (Wildman–Crippen LogP) is 3.74. The van der Waals surface area contributed by atoms with Gasteiger partial charge in [0.05, 0.1) is 0 Å². The number of carboxylic acids is 1. The summed E-state index contributed by atoms with van der Waals surface area (Å²) < 4.78 is 0. The van der Waals surface area contributed by atoms with Crippen LogP contribution < -0.4 is 16.6 Å². The zero-order valence-corrected chi connectivity index (χ0v) is 20.6. The van der Waals surface area contributed by atoms with Crippen LogP contribution in [0.1, 0.15) is 122 Å². The number of carboxylic acid groups (broad SMARTS) is 1. The Morgan fingerprint density at radius 3 is 1.07 bits per heavy atom. The van der Waals surface area contributed by atoms with Crippen LogP contribution >= 0.6 is 0 Å². The molecule has 2 amide bonds. The first-order valence-electron chi connectivity index (χ1n) is 11.2. The van der Waals surface area contributed by atoms with E-state index in [0.717, 1.165) is 12.8 Å². The molecular weight excluding hydrogens is 514 g/mol. The van der Waals surface area contributed by atoms with E-state index in [4.69, 9.17) is 11.5 Å². The largest absolute Gasteiger partial charge is 1.00 e. The monoisotopic (exact) mass is 557 g/mol. The van der Waals surface area contributed by atoms with E-state index in [2.05, 4.69) is 6.92 Å². The summed E-state index contributed by atoms with van der Waals surface area (Å²) in [4.78, 5) is 30.1. The van der Waals surface area contributed by atoms with E-state index in [0.29, 0.717) is 0 Å². The minimum atomic E-state index is -0.903. The first-order valence-corrected chi connectivity index (χ1v) is 11.2. The van der Waals surface area contributed by atoms with Crippen LogP contribution in [0.5, 0.6) is 0 Å². The van der Waals surface area contributed by atoms with Crippen molar-refractivity contribution in [3.8, 4) is 0 Å². The van der Waals surface area contributed by atoms with E-state index < -0.39 is 17.8 Å². The molecule has 0 heterocycles. The number of nitrogens with two attached hydrogens (primary N) is 2. The molecule has 173 valence electrons. The van der Waals surface area contributed by atoms with Crippen LogP contribution in [0.25, 0.3) is 0 Å². The van der Waals surface area contributed by atoms with Gasteiger partial charge in [-0.3, -0.25) is 9.59 Å². The van der Waals surface area contributed by atoms with Crippen LogP contribution in [0.15, 0.2) is 0 Å². The molecule has 0 aromatic rings. The zero-order valence-electron chi connectivity index (χ0n) is 18.4. The summed E-state index contributed by atoms with van der Waals surface area (Å²) in [6.45, 7) is 2.27. The molecule has 0 fully saturated rings. The fourth-order valence-electron chi connectivity index (χ4n) is 2.89. The molecule has 4 N–H and O–H groups in total. The van der Waals surface area contributed by atoms with Crippen LogP contribution in [-0.4, -0.2) is 17.8 Å². The Balaban J connectivity index is -0.000000636. The molecule has 0 spiro atoms. The second-order valence-electron chi connectivity index (χ2n) is 7.50. The van der Waals surface area contributed by atoms with Gasteiger partial charge in [0, 0.05) is 18.8 Å². The normalized spacial score (nSPS) is 9.83. The van der Waals surface area contributed by atoms with E-state index in [9.17, 15) is 19.5 Å². The van der Waals surface area contributed by atoms with Crippen LogP contribution in [0.3, 0.4) is 0 Å².